The van der Waals surface area contributed by atoms with E-state index < -0.39 is 11.8 Å². The number of benzene rings is 1. The Labute approximate surface area is 151 Å². The van der Waals surface area contributed by atoms with E-state index in [1.165, 1.54) is 6.20 Å². The van der Waals surface area contributed by atoms with Gasteiger partial charge in [0.05, 0.1) is 0 Å². The number of pyridine rings is 1. The van der Waals surface area contributed by atoms with Gasteiger partial charge in [-0.3, -0.25) is 20.4 Å². The van der Waals surface area contributed by atoms with Gasteiger partial charge in [-0.1, -0.05) is 22.0 Å². The summed E-state index contributed by atoms with van der Waals surface area (Å²) in [5, 5.41) is 0. The molecule has 2 heterocycles. The molecule has 25 heavy (non-hydrogen) atoms. The first-order valence-electron chi connectivity index (χ1n) is 7.26. The summed E-state index contributed by atoms with van der Waals surface area (Å²) in [4.78, 5) is 31.0. The highest BCUT2D eigenvalue weighted by atomic mass is 79.9. The van der Waals surface area contributed by atoms with Crippen LogP contribution >= 0.6 is 15.9 Å². The van der Waals surface area contributed by atoms with E-state index in [9.17, 15) is 9.59 Å². The molecule has 0 unspecified atom stereocenters. The van der Waals surface area contributed by atoms with Crippen molar-refractivity contribution in [3.8, 4) is 11.6 Å². The summed E-state index contributed by atoms with van der Waals surface area (Å²) < 4.78 is 6.51. The molecular formula is C17H13BrN4O3. The summed E-state index contributed by atoms with van der Waals surface area (Å²) in [6, 6.07) is 13.6. The van der Waals surface area contributed by atoms with Gasteiger partial charge in [0.15, 0.2) is 0 Å². The van der Waals surface area contributed by atoms with Crippen LogP contribution in [0.4, 0.5) is 0 Å². The van der Waals surface area contributed by atoms with Crippen LogP contribution < -0.4 is 15.6 Å². The zero-order chi connectivity index (χ0) is 17.6. The zero-order valence-electron chi connectivity index (χ0n) is 12.8. The lowest BCUT2D eigenvalue weighted by Gasteiger charge is -2.11. The molecule has 0 atom stereocenters. The molecule has 3 N–H and O–H groups in total. The van der Waals surface area contributed by atoms with Gasteiger partial charge in [-0.05, 0) is 42.5 Å². The van der Waals surface area contributed by atoms with Crippen LogP contribution in [0.1, 0.15) is 20.8 Å². The maximum Gasteiger partial charge on any atom is 0.286 e. The lowest BCUT2D eigenvalue weighted by molar-refractivity contribution is 0.0842. The van der Waals surface area contributed by atoms with E-state index in [-0.39, 0.29) is 11.4 Å². The van der Waals surface area contributed by atoms with Crippen LogP contribution in [-0.2, 0) is 0 Å². The molecule has 2 aromatic heterocycles. The summed E-state index contributed by atoms with van der Waals surface area (Å²) in [7, 11) is 0. The van der Waals surface area contributed by atoms with E-state index in [0.29, 0.717) is 11.4 Å². The first-order valence-corrected chi connectivity index (χ1v) is 8.05. The van der Waals surface area contributed by atoms with Crippen molar-refractivity contribution in [3.63, 3.8) is 0 Å². The van der Waals surface area contributed by atoms with Gasteiger partial charge in [-0.2, -0.15) is 0 Å². The Morgan fingerprint density at radius 2 is 1.88 bits per heavy atom. The number of carbonyl (C=O) groups is 2. The predicted octanol–water partition coefficient (Wildman–Crippen LogP) is 3.04. The van der Waals surface area contributed by atoms with Crippen molar-refractivity contribution in [3.05, 3.63) is 76.7 Å². The monoisotopic (exact) mass is 400 g/mol. The molecule has 0 saturated heterocycles. The molecule has 7 nitrogen and oxygen atoms in total. The van der Waals surface area contributed by atoms with Crippen LogP contribution in [-0.4, -0.2) is 21.8 Å². The largest absolute Gasteiger partial charge is 0.438 e. The Morgan fingerprint density at radius 1 is 1.04 bits per heavy atom. The van der Waals surface area contributed by atoms with Crippen molar-refractivity contribution in [1.29, 1.82) is 0 Å². The maximum absolute atomic E-state index is 12.3. The van der Waals surface area contributed by atoms with Gasteiger partial charge in [-0.25, -0.2) is 4.98 Å². The fourth-order valence-electron chi connectivity index (χ4n) is 2.01. The number of nitrogens with zero attached hydrogens (tertiary/aromatic N) is 1. The quantitative estimate of drug-likeness (QED) is 0.586. The molecule has 0 radical (unpaired) electrons. The normalized spacial score (nSPS) is 10.1. The third-order valence-corrected chi connectivity index (χ3v) is 3.65. The fraction of sp³-hybridized carbons (Fsp3) is 0. The van der Waals surface area contributed by atoms with Gasteiger partial charge in [0, 0.05) is 16.9 Å². The molecule has 0 saturated carbocycles. The van der Waals surface area contributed by atoms with Crippen LogP contribution in [0.3, 0.4) is 0 Å². The summed E-state index contributed by atoms with van der Waals surface area (Å²) in [6.45, 7) is 0. The second-order valence-corrected chi connectivity index (χ2v) is 5.82. The topological polar surface area (TPSA) is 96.1 Å². The lowest BCUT2D eigenvalue weighted by Crippen LogP contribution is -2.41. The number of aromatic nitrogens is 2. The van der Waals surface area contributed by atoms with E-state index in [1.54, 1.807) is 48.7 Å². The van der Waals surface area contributed by atoms with Crippen LogP contribution in [0.2, 0.25) is 0 Å². The average Bonchev–Trinajstić information content (AvgIpc) is 3.15. The van der Waals surface area contributed by atoms with Gasteiger partial charge in [-0.15, -0.1) is 0 Å². The number of amides is 2. The highest BCUT2D eigenvalue weighted by Crippen LogP contribution is 2.25. The van der Waals surface area contributed by atoms with E-state index in [0.717, 1.165) is 4.47 Å². The molecule has 3 rings (SSSR count). The Hall–Kier alpha value is -3.13. The molecule has 0 aliphatic rings. The summed E-state index contributed by atoms with van der Waals surface area (Å²) >= 11 is 3.35. The van der Waals surface area contributed by atoms with Crippen molar-refractivity contribution in [1.82, 2.24) is 20.8 Å². The molecular weight excluding hydrogens is 388 g/mol. The van der Waals surface area contributed by atoms with Crippen molar-refractivity contribution in [2.75, 3.05) is 0 Å². The first kappa shape index (κ1) is 16.7. The van der Waals surface area contributed by atoms with Gasteiger partial charge in [0.2, 0.25) is 5.88 Å². The number of aromatic amines is 1. The smallest absolute Gasteiger partial charge is 0.286 e. The number of hydrogen-bond donors (Lipinski definition) is 3. The first-order chi connectivity index (χ1) is 12.1. The molecule has 2 amide bonds. The highest BCUT2D eigenvalue weighted by molar-refractivity contribution is 9.10. The predicted molar refractivity (Wildman–Crippen MR) is 94.2 cm³/mol. The molecule has 0 bridgehead atoms. The molecule has 1 aromatic carbocycles. The third-order valence-electron chi connectivity index (χ3n) is 3.16. The number of nitrogens with one attached hydrogen (secondary N) is 3. The minimum atomic E-state index is -0.544. The number of carbonyl (C=O) groups excluding carboxylic acids is 2. The Bertz CT molecular complexity index is 896. The zero-order valence-corrected chi connectivity index (χ0v) is 14.4. The van der Waals surface area contributed by atoms with E-state index >= 15 is 0 Å². The van der Waals surface area contributed by atoms with E-state index in [2.05, 4.69) is 36.7 Å². The second kappa shape index (κ2) is 7.63. The minimum absolute atomic E-state index is 0.132. The van der Waals surface area contributed by atoms with Gasteiger partial charge >= 0.3 is 0 Å². The van der Waals surface area contributed by atoms with Crippen molar-refractivity contribution in [2.24, 2.45) is 0 Å². The number of hydrogen-bond acceptors (Lipinski definition) is 4. The molecule has 126 valence electrons. The second-order valence-electron chi connectivity index (χ2n) is 4.91. The minimum Gasteiger partial charge on any atom is -0.438 e. The Morgan fingerprint density at radius 3 is 2.64 bits per heavy atom. The number of ether oxygens (including phenoxy) is 1. The number of H-pyrrole nitrogens is 1. The SMILES string of the molecule is O=C(NNC(=O)c1cccnc1Oc1cccc(Br)c1)c1ccc[nH]1. The summed E-state index contributed by atoms with van der Waals surface area (Å²) in [6.07, 6.45) is 3.13. The fourth-order valence-corrected chi connectivity index (χ4v) is 2.39. The number of hydrazine groups is 1. The summed E-state index contributed by atoms with van der Waals surface area (Å²) in [5.41, 5.74) is 5.18. The van der Waals surface area contributed by atoms with Crippen molar-refractivity contribution in [2.45, 2.75) is 0 Å². The highest BCUT2D eigenvalue weighted by Gasteiger charge is 2.15. The van der Waals surface area contributed by atoms with Crippen molar-refractivity contribution < 1.29 is 14.3 Å². The van der Waals surface area contributed by atoms with E-state index in [4.69, 9.17) is 4.74 Å². The van der Waals surface area contributed by atoms with Gasteiger partial charge in [0.1, 0.15) is 17.0 Å². The Kier molecular flexibility index (Phi) is 5.10. The van der Waals surface area contributed by atoms with Gasteiger partial charge < -0.3 is 9.72 Å². The van der Waals surface area contributed by atoms with Crippen LogP contribution in [0.15, 0.2) is 65.4 Å². The van der Waals surface area contributed by atoms with Gasteiger partial charge in [0.25, 0.3) is 11.8 Å². The Balaban J connectivity index is 1.71. The van der Waals surface area contributed by atoms with Crippen LogP contribution in [0.5, 0.6) is 11.6 Å². The molecule has 0 spiro atoms. The molecule has 0 aliphatic heterocycles. The van der Waals surface area contributed by atoms with Crippen molar-refractivity contribution >= 4 is 27.7 Å². The lowest BCUT2D eigenvalue weighted by atomic mass is 10.2. The maximum atomic E-state index is 12.3. The van der Waals surface area contributed by atoms with E-state index in [1.807, 2.05) is 6.07 Å². The van der Waals surface area contributed by atoms with Crippen LogP contribution in [0, 0.1) is 0 Å². The molecule has 8 heteroatoms. The number of rotatable bonds is 4. The third kappa shape index (κ3) is 4.24. The summed E-state index contributed by atoms with van der Waals surface area (Å²) in [5.74, 6) is -0.348. The molecule has 0 aliphatic carbocycles. The molecule has 3 aromatic rings. The molecule has 0 fully saturated rings. The number of halogens is 1. The standard InChI is InChI=1S/C17H13BrN4O3/c18-11-4-1-5-12(10-11)25-17-13(6-2-9-20-17)15(23)21-22-16(24)14-7-3-8-19-14/h1-10,19H,(H,21,23)(H,22,24). The average molecular weight is 401 g/mol. The van der Waals surface area contributed by atoms with Crippen LogP contribution in [0.25, 0.3) is 0 Å².